The average molecular weight is 416 g/mol. The Balaban J connectivity index is 1.46. The number of rotatable bonds is 7. The summed E-state index contributed by atoms with van der Waals surface area (Å²) in [6.07, 6.45) is 4.95. The first-order valence-corrected chi connectivity index (χ1v) is 10.5. The fraction of sp³-hybridized carbons (Fsp3) is 0.130. The van der Waals surface area contributed by atoms with E-state index in [1.807, 2.05) is 30.3 Å². The number of hydrogen-bond acceptors (Lipinski definition) is 5. The number of para-hydroxylation sites is 2. The predicted molar refractivity (Wildman–Crippen MR) is 121 cm³/mol. The summed E-state index contributed by atoms with van der Waals surface area (Å²) in [5, 5.41) is 4.81. The Hall–Kier alpha value is -3.45. The number of imidazole rings is 1. The quantitative estimate of drug-likeness (QED) is 0.281. The fourth-order valence-corrected chi connectivity index (χ4v) is 3.79. The molecule has 7 heteroatoms. The van der Waals surface area contributed by atoms with Crippen molar-refractivity contribution in [3.05, 3.63) is 89.7 Å². The lowest BCUT2D eigenvalue weighted by Crippen LogP contribution is -2.20. The number of carbonyl (C=O) groups excluding carboxylic acids is 1. The smallest absolute Gasteiger partial charge is 0.250 e. The molecule has 1 amide bonds. The van der Waals surface area contributed by atoms with Crippen molar-refractivity contribution in [1.29, 1.82) is 0 Å². The second kappa shape index (κ2) is 9.37. The first-order chi connectivity index (χ1) is 14.7. The van der Waals surface area contributed by atoms with Crippen molar-refractivity contribution in [2.75, 3.05) is 5.75 Å². The highest BCUT2D eigenvalue weighted by Crippen LogP contribution is 2.25. The van der Waals surface area contributed by atoms with Crippen LogP contribution in [0.4, 0.5) is 0 Å². The standard InChI is InChI=1S/C23H21N5OS/c1-17-6-8-19(9-7-17)15-28-21-5-3-2-4-20(21)26-23(28)30-16-22(29)27-25-14-18-10-12-24-13-11-18/h2-14H,15-16H2,1H3,(H,27,29)/b25-14+. The van der Waals surface area contributed by atoms with Crippen LogP contribution in [0.25, 0.3) is 11.0 Å². The SMILES string of the molecule is Cc1ccc(Cn2c(SCC(=O)N/N=C/c3ccncc3)nc3ccccc32)cc1. The van der Waals surface area contributed by atoms with Gasteiger partial charge in [-0.3, -0.25) is 9.78 Å². The van der Waals surface area contributed by atoms with Gasteiger partial charge in [-0.1, -0.05) is 53.7 Å². The van der Waals surface area contributed by atoms with E-state index in [1.165, 1.54) is 22.9 Å². The number of hydrogen-bond donors (Lipinski definition) is 1. The van der Waals surface area contributed by atoms with Crippen LogP contribution in [0.1, 0.15) is 16.7 Å². The summed E-state index contributed by atoms with van der Waals surface area (Å²) in [6.45, 7) is 2.78. The molecule has 2 heterocycles. The molecule has 30 heavy (non-hydrogen) atoms. The fourth-order valence-electron chi connectivity index (χ4n) is 2.98. The van der Waals surface area contributed by atoms with Crippen LogP contribution in [-0.4, -0.2) is 32.4 Å². The van der Waals surface area contributed by atoms with Gasteiger partial charge in [0.05, 0.1) is 29.5 Å². The van der Waals surface area contributed by atoms with Crippen LogP contribution in [0, 0.1) is 6.92 Å². The largest absolute Gasteiger partial charge is 0.314 e. The zero-order valence-electron chi connectivity index (χ0n) is 16.5. The molecule has 0 fully saturated rings. The molecule has 0 aliphatic heterocycles. The molecule has 1 N–H and O–H groups in total. The van der Waals surface area contributed by atoms with Gasteiger partial charge in [0, 0.05) is 12.4 Å². The Morgan fingerprint density at radius 2 is 1.87 bits per heavy atom. The zero-order chi connectivity index (χ0) is 20.8. The number of carbonyl (C=O) groups is 1. The van der Waals surface area contributed by atoms with Crippen LogP contribution in [0.15, 0.2) is 83.3 Å². The highest BCUT2D eigenvalue weighted by molar-refractivity contribution is 7.99. The summed E-state index contributed by atoms with van der Waals surface area (Å²) in [5.74, 6) is 0.0458. The average Bonchev–Trinajstić information content (AvgIpc) is 3.12. The Kier molecular flexibility index (Phi) is 6.20. The number of thioether (sulfide) groups is 1. The molecule has 0 radical (unpaired) electrons. The lowest BCUT2D eigenvalue weighted by Gasteiger charge is -2.09. The molecule has 0 spiro atoms. The number of nitrogens with zero attached hydrogens (tertiary/aromatic N) is 4. The van der Waals surface area contributed by atoms with E-state index in [4.69, 9.17) is 4.98 Å². The van der Waals surface area contributed by atoms with Gasteiger partial charge >= 0.3 is 0 Å². The molecule has 4 rings (SSSR count). The molecule has 0 aliphatic carbocycles. The minimum atomic E-state index is -0.181. The number of aryl methyl sites for hydroxylation is 1. The maximum absolute atomic E-state index is 12.2. The van der Waals surface area contributed by atoms with E-state index in [-0.39, 0.29) is 11.7 Å². The molecule has 0 atom stereocenters. The topological polar surface area (TPSA) is 72.2 Å². The van der Waals surface area contributed by atoms with Crippen molar-refractivity contribution in [2.24, 2.45) is 5.10 Å². The summed E-state index contributed by atoms with van der Waals surface area (Å²) in [5.41, 5.74) is 7.83. The number of benzene rings is 2. The molecule has 0 aliphatic rings. The van der Waals surface area contributed by atoms with E-state index >= 15 is 0 Å². The molecule has 0 saturated carbocycles. The highest BCUT2D eigenvalue weighted by atomic mass is 32.2. The van der Waals surface area contributed by atoms with Crippen molar-refractivity contribution in [2.45, 2.75) is 18.6 Å². The maximum Gasteiger partial charge on any atom is 0.250 e. The first-order valence-electron chi connectivity index (χ1n) is 9.54. The number of aromatic nitrogens is 3. The lowest BCUT2D eigenvalue weighted by atomic mass is 10.1. The maximum atomic E-state index is 12.2. The van der Waals surface area contributed by atoms with Gasteiger partial charge in [0.15, 0.2) is 5.16 Å². The summed E-state index contributed by atoms with van der Waals surface area (Å²) in [6, 6.07) is 20.1. The number of pyridine rings is 1. The summed E-state index contributed by atoms with van der Waals surface area (Å²) in [4.78, 5) is 20.9. The van der Waals surface area contributed by atoms with Gasteiger partial charge in [0.1, 0.15) is 0 Å². The Morgan fingerprint density at radius 1 is 1.10 bits per heavy atom. The second-order valence-corrected chi connectivity index (χ2v) is 7.76. The number of nitrogens with one attached hydrogen (secondary N) is 1. The van der Waals surface area contributed by atoms with Crippen LogP contribution < -0.4 is 5.43 Å². The molecule has 0 saturated heterocycles. The Morgan fingerprint density at radius 3 is 2.67 bits per heavy atom. The van der Waals surface area contributed by atoms with Crippen LogP contribution in [-0.2, 0) is 11.3 Å². The van der Waals surface area contributed by atoms with Crippen molar-refractivity contribution in [3.8, 4) is 0 Å². The van der Waals surface area contributed by atoms with Gasteiger partial charge in [-0.2, -0.15) is 5.10 Å². The second-order valence-electron chi connectivity index (χ2n) is 6.82. The normalized spacial score (nSPS) is 11.2. The van der Waals surface area contributed by atoms with Gasteiger partial charge in [0.25, 0.3) is 5.91 Å². The van der Waals surface area contributed by atoms with Gasteiger partial charge < -0.3 is 4.57 Å². The number of hydrazone groups is 1. The van der Waals surface area contributed by atoms with Crippen LogP contribution >= 0.6 is 11.8 Å². The van der Waals surface area contributed by atoms with E-state index in [2.05, 4.69) is 57.3 Å². The molecule has 0 unspecified atom stereocenters. The Labute approximate surface area is 179 Å². The van der Waals surface area contributed by atoms with Gasteiger partial charge in [-0.05, 0) is 42.3 Å². The zero-order valence-corrected chi connectivity index (χ0v) is 17.3. The minimum absolute atomic E-state index is 0.181. The van der Waals surface area contributed by atoms with Crippen molar-refractivity contribution >= 4 is 34.9 Å². The first kappa shape index (κ1) is 19.8. The van der Waals surface area contributed by atoms with E-state index < -0.39 is 0 Å². The molecule has 6 nitrogen and oxygen atoms in total. The molecule has 150 valence electrons. The van der Waals surface area contributed by atoms with Crippen LogP contribution in [0.2, 0.25) is 0 Å². The van der Waals surface area contributed by atoms with Crippen molar-refractivity contribution in [1.82, 2.24) is 20.0 Å². The Bertz CT molecular complexity index is 1170. The molecule has 2 aromatic carbocycles. The summed E-state index contributed by atoms with van der Waals surface area (Å²) >= 11 is 1.41. The molecule has 4 aromatic rings. The number of fused-ring (bicyclic) bond motifs is 1. The lowest BCUT2D eigenvalue weighted by molar-refractivity contribution is -0.118. The third-order valence-electron chi connectivity index (χ3n) is 4.52. The van der Waals surface area contributed by atoms with Gasteiger partial charge in [0.2, 0.25) is 0 Å². The number of amides is 1. The van der Waals surface area contributed by atoms with Gasteiger partial charge in [-0.25, -0.2) is 10.4 Å². The van der Waals surface area contributed by atoms with E-state index in [0.29, 0.717) is 6.54 Å². The van der Waals surface area contributed by atoms with E-state index in [0.717, 1.165) is 21.8 Å². The van der Waals surface area contributed by atoms with Crippen molar-refractivity contribution in [3.63, 3.8) is 0 Å². The molecular formula is C23H21N5OS. The monoisotopic (exact) mass is 415 g/mol. The molecule has 0 bridgehead atoms. The van der Waals surface area contributed by atoms with Crippen LogP contribution in [0.3, 0.4) is 0 Å². The highest BCUT2D eigenvalue weighted by Gasteiger charge is 2.13. The molecule has 2 aromatic heterocycles. The predicted octanol–water partition coefficient (Wildman–Crippen LogP) is 4.03. The summed E-state index contributed by atoms with van der Waals surface area (Å²) < 4.78 is 2.15. The van der Waals surface area contributed by atoms with Gasteiger partial charge in [-0.15, -0.1) is 0 Å². The van der Waals surface area contributed by atoms with E-state index in [1.54, 1.807) is 18.6 Å². The minimum Gasteiger partial charge on any atom is -0.314 e. The van der Waals surface area contributed by atoms with E-state index in [9.17, 15) is 4.79 Å². The third-order valence-corrected chi connectivity index (χ3v) is 5.50. The third kappa shape index (κ3) is 4.93. The molecular weight excluding hydrogens is 394 g/mol. The van der Waals surface area contributed by atoms with Crippen LogP contribution in [0.5, 0.6) is 0 Å². The summed E-state index contributed by atoms with van der Waals surface area (Å²) in [7, 11) is 0. The van der Waals surface area contributed by atoms with Crippen molar-refractivity contribution < 1.29 is 4.79 Å².